The number of anilines is 1. The molecule has 132 valence electrons. The topological polar surface area (TPSA) is 131 Å². The van der Waals surface area contributed by atoms with Crippen LogP contribution in [0.25, 0.3) is 11.0 Å². The first kappa shape index (κ1) is 17.2. The summed E-state index contributed by atoms with van der Waals surface area (Å²) in [4.78, 5) is 23.5. The second-order valence-corrected chi connectivity index (χ2v) is 5.98. The summed E-state index contributed by atoms with van der Waals surface area (Å²) in [7, 11) is 0. The molecule has 0 aliphatic carbocycles. The average Bonchev–Trinajstić information content (AvgIpc) is 2.98. The van der Waals surface area contributed by atoms with E-state index in [4.69, 9.17) is 10.8 Å². The minimum atomic E-state index is -0.852. The molecule has 0 unspecified atom stereocenters. The fraction of sp³-hybridized carbons (Fsp3) is 0.294. The predicted octanol–water partition coefficient (Wildman–Crippen LogP) is 0.189. The number of rotatable bonds is 7. The monoisotopic (exact) mass is 343 g/mol. The van der Waals surface area contributed by atoms with Crippen LogP contribution < -0.4 is 11.3 Å². The van der Waals surface area contributed by atoms with Gasteiger partial charge in [0.2, 0.25) is 5.95 Å². The Hall–Kier alpha value is -2.68. The average molecular weight is 343 g/mol. The summed E-state index contributed by atoms with van der Waals surface area (Å²) in [5.41, 5.74) is 8.08. The molecule has 1 aromatic carbocycles. The predicted molar refractivity (Wildman–Crippen MR) is 94.8 cm³/mol. The Labute approximate surface area is 143 Å². The number of nitrogens with two attached hydrogens (primary N) is 1. The molecule has 3 rings (SSSR count). The summed E-state index contributed by atoms with van der Waals surface area (Å²) < 4.78 is 0. The maximum absolute atomic E-state index is 11.9. The van der Waals surface area contributed by atoms with E-state index < -0.39 is 6.10 Å². The number of hydrogen-bond donors (Lipinski definition) is 5. The molecule has 6 N–H and O–H groups in total. The molecule has 0 saturated carbocycles. The zero-order valence-corrected chi connectivity index (χ0v) is 13.6. The molecule has 0 aliphatic heterocycles. The van der Waals surface area contributed by atoms with Crippen LogP contribution in [0.5, 0.6) is 0 Å². The smallest absolute Gasteiger partial charge is 0.276 e. The standard InChI is InChI=1S/C17H21N5O3/c18-17-20-14-12(6-19-15(14)16(25)21-17)8-22(9-13(24)10-23)7-11-4-2-1-3-5-11/h1-6,13,19,23-24H,7-10H2,(H3,18,20,21,25)/t13-/m0/s1. The molecular weight excluding hydrogens is 322 g/mol. The third-order valence-corrected chi connectivity index (χ3v) is 3.96. The lowest BCUT2D eigenvalue weighted by atomic mass is 10.2. The van der Waals surface area contributed by atoms with Gasteiger partial charge in [-0.05, 0) is 5.56 Å². The minimum Gasteiger partial charge on any atom is -0.394 e. The second kappa shape index (κ2) is 7.47. The number of nitrogens with zero attached hydrogens (tertiary/aromatic N) is 2. The Balaban J connectivity index is 1.88. The Kier molecular flexibility index (Phi) is 5.13. The number of H-pyrrole nitrogens is 2. The van der Waals surface area contributed by atoms with Crippen LogP contribution in [0, 0.1) is 0 Å². The molecule has 0 saturated heterocycles. The van der Waals surface area contributed by atoms with Gasteiger partial charge in [-0.3, -0.25) is 14.7 Å². The summed E-state index contributed by atoms with van der Waals surface area (Å²) in [6.07, 6.45) is 0.866. The number of nitrogens with one attached hydrogen (secondary N) is 2. The maximum atomic E-state index is 11.9. The fourth-order valence-electron chi connectivity index (χ4n) is 2.83. The highest BCUT2D eigenvalue weighted by Crippen LogP contribution is 2.17. The van der Waals surface area contributed by atoms with Gasteiger partial charge in [0, 0.05) is 31.4 Å². The van der Waals surface area contributed by atoms with E-state index in [0.717, 1.165) is 11.1 Å². The number of nitrogen functional groups attached to an aromatic ring is 1. The molecule has 0 amide bonds. The van der Waals surface area contributed by atoms with Crippen molar-refractivity contribution in [2.75, 3.05) is 18.9 Å². The summed E-state index contributed by atoms with van der Waals surface area (Å²) in [6.45, 7) is 1.01. The van der Waals surface area contributed by atoms with Crippen LogP contribution in [-0.4, -0.2) is 49.3 Å². The van der Waals surface area contributed by atoms with E-state index in [0.29, 0.717) is 24.1 Å². The van der Waals surface area contributed by atoms with Crippen molar-refractivity contribution in [1.82, 2.24) is 19.9 Å². The Morgan fingerprint density at radius 1 is 1.24 bits per heavy atom. The van der Waals surface area contributed by atoms with Crippen LogP contribution >= 0.6 is 0 Å². The van der Waals surface area contributed by atoms with Gasteiger partial charge in [-0.2, -0.15) is 0 Å². The van der Waals surface area contributed by atoms with Gasteiger partial charge in [0.05, 0.1) is 12.7 Å². The molecule has 0 aliphatic rings. The maximum Gasteiger partial charge on any atom is 0.276 e. The van der Waals surface area contributed by atoms with Crippen molar-refractivity contribution in [3.05, 3.63) is 58.0 Å². The van der Waals surface area contributed by atoms with Crippen LogP contribution in [0.1, 0.15) is 11.1 Å². The molecule has 0 radical (unpaired) electrons. The minimum absolute atomic E-state index is 0.0587. The normalized spacial score (nSPS) is 12.8. The first-order valence-corrected chi connectivity index (χ1v) is 7.97. The fourth-order valence-corrected chi connectivity index (χ4v) is 2.83. The van der Waals surface area contributed by atoms with Crippen molar-refractivity contribution >= 4 is 17.0 Å². The molecule has 8 heteroatoms. The van der Waals surface area contributed by atoms with E-state index in [1.54, 1.807) is 6.20 Å². The van der Waals surface area contributed by atoms with Gasteiger partial charge in [-0.1, -0.05) is 30.3 Å². The largest absolute Gasteiger partial charge is 0.394 e. The van der Waals surface area contributed by atoms with Gasteiger partial charge in [-0.15, -0.1) is 0 Å². The lowest BCUT2D eigenvalue weighted by Crippen LogP contribution is -2.33. The van der Waals surface area contributed by atoms with Gasteiger partial charge in [0.15, 0.2) is 0 Å². The third kappa shape index (κ3) is 4.05. The van der Waals surface area contributed by atoms with Crippen molar-refractivity contribution in [3.8, 4) is 0 Å². The van der Waals surface area contributed by atoms with Crippen molar-refractivity contribution in [1.29, 1.82) is 0 Å². The van der Waals surface area contributed by atoms with E-state index in [2.05, 4.69) is 15.0 Å². The van der Waals surface area contributed by atoms with E-state index in [1.807, 2.05) is 35.2 Å². The van der Waals surface area contributed by atoms with Crippen LogP contribution in [0.2, 0.25) is 0 Å². The Morgan fingerprint density at radius 2 is 2.00 bits per heavy atom. The number of aliphatic hydroxyl groups excluding tert-OH is 2. The lowest BCUT2D eigenvalue weighted by molar-refractivity contribution is 0.0543. The number of hydrogen-bond acceptors (Lipinski definition) is 6. The number of fused-ring (bicyclic) bond motifs is 1. The number of aromatic nitrogens is 3. The van der Waals surface area contributed by atoms with Crippen LogP contribution in [-0.2, 0) is 13.1 Å². The third-order valence-electron chi connectivity index (χ3n) is 3.96. The molecule has 0 spiro atoms. The van der Waals surface area contributed by atoms with Gasteiger partial charge >= 0.3 is 0 Å². The van der Waals surface area contributed by atoms with Gasteiger partial charge in [0.1, 0.15) is 11.0 Å². The van der Waals surface area contributed by atoms with Crippen LogP contribution in [0.4, 0.5) is 5.95 Å². The SMILES string of the molecule is Nc1nc2c(CN(Cc3ccccc3)C[C@H](O)CO)c[nH]c2c(=O)[nH]1. The zero-order chi connectivity index (χ0) is 17.8. The highest BCUT2D eigenvalue weighted by atomic mass is 16.3. The summed E-state index contributed by atoms with van der Waals surface area (Å²) in [5.74, 6) is 0.0587. The zero-order valence-electron chi connectivity index (χ0n) is 13.6. The molecule has 2 heterocycles. The summed E-state index contributed by atoms with van der Waals surface area (Å²) >= 11 is 0. The first-order valence-electron chi connectivity index (χ1n) is 7.97. The van der Waals surface area contributed by atoms with Crippen molar-refractivity contribution in [3.63, 3.8) is 0 Å². The van der Waals surface area contributed by atoms with Crippen LogP contribution in [0.3, 0.4) is 0 Å². The molecule has 3 aromatic rings. The number of aromatic amines is 2. The van der Waals surface area contributed by atoms with Crippen molar-refractivity contribution < 1.29 is 10.2 Å². The Morgan fingerprint density at radius 3 is 2.72 bits per heavy atom. The van der Waals surface area contributed by atoms with E-state index >= 15 is 0 Å². The molecule has 8 nitrogen and oxygen atoms in total. The quantitative estimate of drug-likeness (QED) is 0.416. The summed E-state index contributed by atoms with van der Waals surface area (Å²) in [6, 6.07) is 9.82. The second-order valence-electron chi connectivity index (χ2n) is 5.98. The van der Waals surface area contributed by atoms with Gasteiger partial charge < -0.3 is 20.9 Å². The highest BCUT2D eigenvalue weighted by molar-refractivity contribution is 5.78. The van der Waals surface area contributed by atoms with E-state index in [9.17, 15) is 9.90 Å². The van der Waals surface area contributed by atoms with E-state index in [1.165, 1.54) is 0 Å². The molecule has 0 fully saturated rings. The van der Waals surface area contributed by atoms with Crippen LogP contribution in [0.15, 0.2) is 41.3 Å². The molecule has 2 aromatic heterocycles. The molecule has 1 atom stereocenters. The lowest BCUT2D eigenvalue weighted by Gasteiger charge is -2.24. The first-order chi connectivity index (χ1) is 12.1. The van der Waals surface area contributed by atoms with E-state index in [-0.39, 0.29) is 24.7 Å². The van der Waals surface area contributed by atoms with Crippen molar-refractivity contribution in [2.45, 2.75) is 19.2 Å². The summed E-state index contributed by atoms with van der Waals surface area (Å²) in [5, 5.41) is 19.0. The highest BCUT2D eigenvalue weighted by Gasteiger charge is 2.16. The molecular formula is C17H21N5O3. The van der Waals surface area contributed by atoms with Gasteiger partial charge in [0.25, 0.3) is 5.56 Å². The number of benzene rings is 1. The Bertz CT molecular complexity index is 890. The number of aliphatic hydroxyl groups is 2. The van der Waals surface area contributed by atoms with Crippen molar-refractivity contribution in [2.24, 2.45) is 0 Å². The molecule has 25 heavy (non-hydrogen) atoms. The molecule has 0 bridgehead atoms. The van der Waals surface area contributed by atoms with Gasteiger partial charge in [-0.25, -0.2) is 4.98 Å².